The van der Waals surface area contributed by atoms with Gasteiger partial charge in [-0.25, -0.2) is 17.9 Å². The topological polar surface area (TPSA) is 131 Å². The molecule has 1 unspecified atom stereocenters. The van der Waals surface area contributed by atoms with Crippen LogP contribution in [0.2, 0.25) is 0 Å². The Morgan fingerprint density at radius 2 is 2.00 bits per heavy atom. The zero-order valence-corrected chi connectivity index (χ0v) is 14.1. The summed E-state index contributed by atoms with van der Waals surface area (Å²) < 4.78 is 36.0. The molecule has 0 fully saturated rings. The molecule has 0 aliphatic rings. The molecule has 1 aromatic rings. The molecule has 0 aliphatic carbocycles. The van der Waals surface area contributed by atoms with Crippen molar-refractivity contribution in [2.45, 2.75) is 11.0 Å². The van der Waals surface area contributed by atoms with Gasteiger partial charge in [0, 0.05) is 26.3 Å². The van der Waals surface area contributed by atoms with Gasteiger partial charge in [-0.1, -0.05) is 6.07 Å². The molecule has 0 bridgehead atoms. The minimum Gasteiger partial charge on any atom is -0.479 e. The van der Waals surface area contributed by atoms with Gasteiger partial charge in [-0.05, 0) is 18.2 Å². The lowest BCUT2D eigenvalue weighted by Crippen LogP contribution is -2.37. The molecule has 134 valence electrons. The van der Waals surface area contributed by atoms with Gasteiger partial charge in [0.1, 0.15) is 0 Å². The predicted octanol–water partition coefficient (Wildman–Crippen LogP) is -0.559. The second-order valence-corrected chi connectivity index (χ2v) is 6.46. The van der Waals surface area contributed by atoms with E-state index in [0.29, 0.717) is 0 Å². The Labute approximate surface area is 140 Å². The van der Waals surface area contributed by atoms with Crippen LogP contribution in [0.1, 0.15) is 10.4 Å². The summed E-state index contributed by atoms with van der Waals surface area (Å²) in [7, 11) is -1.11. The quantitative estimate of drug-likeness (QED) is 0.477. The van der Waals surface area contributed by atoms with Gasteiger partial charge in [0.15, 0.2) is 6.10 Å². The molecule has 9 nitrogen and oxygen atoms in total. The Hall–Kier alpha value is -2.01. The number of sulfonamides is 1. The summed E-state index contributed by atoms with van der Waals surface area (Å²) >= 11 is 0. The molecule has 1 rings (SSSR count). The van der Waals surface area contributed by atoms with Crippen LogP contribution in [0, 0.1) is 0 Å². The first-order valence-corrected chi connectivity index (χ1v) is 8.42. The number of hydrogen-bond acceptors (Lipinski definition) is 6. The van der Waals surface area contributed by atoms with Crippen molar-refractivity contribution >= 4 is 21.9 Å². The van der Waals surface area contributed by atoms with Crippen molar-refractivity contribution in [2.24, 2.45) is 0 Å². The minimum absolute atomic E-state index is 0.0761. The van der Waals surface area contributed by atoms with E-state index in [-0.39, 0.29) is 30.2 Å². The Bertz CT molecular complexity index is 675. The normalized spacial score (nSPS) is 12.6. The molecule has 0 saturated heterocycles. The summed E-state index contributed by atoms with van der Waals surface area (Å²) in [6.45, 7) is 0.0735. The number of aliphatic carboxylic acids is 1. The molecule has 0 heterocycles. The van der Waals surface area contributed by atoms with Gasteiger partial charge in [-0.3, -0.25) is 4.79 Å². The zero-order valence-electron chi connectivity index (χ0n) is 13.3. The standard InChI is InChI=1S/C14H20N2O7S/c1-22-7-6-16-24(20,21)11-5-3-4-10(8-11)13(17)15-9-12(23-2)14(18)19/h3-5,8,12,16H,6-7,9H2,1-2H3,(H,15,17)(H,18,19). The van der Waals surface area contributed by atoms with E-state index in [1.54, 1.807) is 0 Å². The largest absolute Gasteiger partial charge is 0.479 e. The average molecular weight is 360 g/mol. The maximum atomic E-state index is 12.1. The van der Waals surface area contributed by atoms with Crippen LogP contribution in [-0.4, -0.2) is 65.4 Å². The van der Waals surface area contributed by atoms with Crippen LogP contribution >= 0.6 is 0 Å². The molecule has 1 atom stereocenters. The molecule has 0 aliphatic heterocycles. The van der Waals surface area contributed by atoms with Gasteiger partial charge in [0.25, 0.3) is 5.91 Å². The first kappa shape index (κ1) is 20.0. The van der Waals surface area contributed by atoms with Gasteiger partial charge >= 0.3 is 5.97 Å². The van der Waals surface area contributed by atoms with Crippen molar-refractivity contribution in [2.75, 3.05) is 33.9 Å². The average Bonchev–Trinajstić information content (AvgIpc) is 2.55. The highest BCUT2D eigenvalue weighted by Gasteiger charge is 2.19. The second kappa shape index (κ2) is 9.33. The molecule has 1 aromatic carbocycles. The molecule has 1 amide bonds. The van der Waals surface area contributed by atoms with Crippen molar-refractivity contribution in [1.82, 2.24) is 10.0 Å². The number of methoxy groups -OCH3 is 2. The van der Waals surface area contributed by atoms with Crippen LogP contribution in [0.25, 0.3) is 0 Å². The molecular weight excluding hydrogens is 340 g/mol. The predicted molar refractivity (Wildman–Crippen MR) is 84.3 cm³/mol. The molecular formula is C14H20N2O7S. The summed E-state index contributed by atoms with van der Waals surface area (Å²) in [4.78, 5) is 22.8. The van der Waals surface area contributed by atoms with Crippen molar-refractivity contribution < 1.29 is 32.6 Å². The number of ether oxygens (including phenoxy) is 2. The van der Waals surface area contributed by atoms with Crippen molar-refractivity contribution in [3.63, 3.8) is 0 Å². The van der Waals surface area contributed by atoms with E-state index in [1.807, 2.05) is 0 Å². The van der Waals surface area contributed by atoms with Gasteiger partial charge in [0.2, 0.25) is 10.0 Å². The Morgan fingerprint density at radius 1 is 1.29 bits per heavy atom. The van der Waals surface area contributed by atoms with Crippen molar-refractivity contribution in [3.8, 4) is 0 Å². The van der Waals surface area contributed by atoms with E-state index < -0.39 is 28.0 Å². The molecule has 0 radical (unpaired) electrons. The molecule has 0 spiro atoms. The highest BCUT2D eigenvalue weighted by atomic mass is 32.2. The second-order valence-electron chi connectivity index (χ2n) is 4.69. The lowest BCUT2D eigenvalue weighted by Gasteiger charge is -2.12. The third-order valence-electron chi connectivity index (χ3n) is 3.01. The number of rotatable bonds is 10. The Balaban J connectivity index is 2.80. The summed E-state index contributed by atoms with van der Waals surface area (Å²) in [6, 6.07) is 5.39. The number of carbonyl (C=O) groups is 2. The highest BCUT2D eigenvalue weighted by Crippen LogP contribution is 2.11. The van der Waals surface area contributed by atoms with Crippen LogP contribution in [0.15, 0.2) is 29.2 Å². The smallest absolute Gasteiger partial charge is 0.334 e. The van der Waals surface area contributed by atoms with E-state index in [0.717, 1.165) is 0 Å². The van der Waals surface area contributed by atoms with E-state index in [4.69, 9.17) is 14.6 Å². The number of benzene rings is 1. The summed E-state index contributed by atoms with van der Waals surface area (Å²) in [5.74, 6) is -1.82. The van der Waals surface area contributed by atoms with E-state index in [2.05, 4.69) is 10.0 Å². The molecule has 3 N–H and O–H groups in total. The summed E-state index contributed by atoms with van der Waals surface area (Å²) in [5.41, 5.74) is 0.0878. The number of amides is 1. The van der Waals surface area contributed by atoms with Crippen LogP contribution in [0.5, 0.6) is 0 Å². The SMILES string of the molecule is COCCNS(=O)(=O)c1cccc(C(=O)NCC(OC)C(=O)O)c1. The Kier molecular flexibility index (Phi) is 7.79. The Morgan fingerprint density at radius 3 is 2.58 bits per heavy atom. The number of nitrogens with one attached hydrogen (secondary N) is 2. The van der Waals surface area contributed by atoms with Crippen molar-refractivity contribution in [1.29, 1.82) is 0 Å². The van der Waals surface area contributed by atoms with Crippen LogP contribution in [0.3, 0.4) is 0 Å². The third-order valence-corrected chi connectivity index (χ3v) is 4.47. The first-order chi connectivity index (χ1) is 11.3. The van der Waals surface area contributed by atoms with Crippen LogP contribution in [0.4, 0.5) is 0 Å². The first-order valence-electron chi connectivity index (χ1n) is 6.94. The molecule has 24 heavy (non-hydrogen) atoms. The van der Waals surface area contributed by atoms with Gasteiger partial charge in [-0.15, -0.1) is 0 Å². The van der Waals surface area contributed by atoms with E-state index in [1.165, 1.54) is 38.5 Å². The summed E-state index contributed by atoms with van der Waals surface area (Å²) in [5, 5.41) is 11.2. The van der Waals surface area contributed by atoms with Crippen LogP contribution in [-0.2, 0) is 24.3 Å². The van der Waals surface area contributed by atoms with Crippen LogP contribution < -0.4 is 10.0 Å². The molecule has 0 aromatic heterocycles. The van der Waals surface area contributed by atoms with Gasteiger partial charge in [-0.2, -0.15) is 0 Å². The zero-order chi connectivity index (χ0) is 18.2. The molecule has 0 saturated carbocycles. The number of carbonyl (C=O) groups excluding carboxylic acids is 1. The van der Waals surface area contributed by atoms with E-state index in [9.17, 15) is 18.0 Å². The third kappa shape index (κ3) is 5.89. The van der Waals surface area contributed by atoms with Gasteiger partial charge in [0.05, 0.1) is 18.0 Å². The summed E-state index contributed by atoms with van der Waals surface area (Å²) in [6.07, 6.45) is -1.18. The highest BCUT2D eigenvalue weighted by molar-refractivity contribution is 7.89. The van der Waals surface area contributed by atoms with Gasteiger partial charge < -0.3 is 19.9 Å². The number of carboxylic acid groups (broad SMARTS) is 1. The minimum atomic E-state index is -3.77. The monoisotopic (exact) mass is 360 g/mol. The maximum Gasteiger partial charge on any atom is 0.334 e. The fraction of sp³-hybridized carbons (Fsp3) is 0.429. The fourth-order valence-electron chi connectivity index (χ4n) is 1.72. The van der Waals surface area contributed by atoms with Crippen molar-refractivity contribution in [3.05, 3.63) is 29.8 Å². The van der Waals surface area contributed by atoms with E-state index >= 15 is 0 Å². The number of carboxylic acids is 1. The lowest BCUT2D eigenvalue weighted by molar-refractivity contribution is -0.148. The fourth-order valence-corrected chi connectivity index (χ4v) is 2.78. The lowest BCUT2D eigenvalue weighted by atomic mass is 10.2. The molecule has 10 heteroatoms. The maximum absolute atomic E-state index is 12.1. The number of hydrogen-bond donors (Lipinski definition) is 3.